The van der Waals surface area contributed by atoms with Crippen molar-refractivity contribution in [2.45, 2.75) is 11.3 Å². The van der Waals surface area contributed by atoms with E-state index in [0.717, 1.165) is 17.7 Å². The van der Waals surface area contributed by atoms with Crippen molar-refractivity contribution in [1.82, 2.24) is 4.98 Å². The van der Waals surface area contributed by atoms with Crippen LogP contribution in [0.25, 0.3) is 0 Å². The van der Waals surface area contributed by atoms with Gasteiger partial charge in [-0.1, -0.05) is 11.6 Å². The molecule has 0 fully saturated rings. The fraction of sp³-hybridized carbons (Fsp3) is 0.154. The molecule has 7 heteroatoms. The van der Waals surface area contributed by atoms with E-state index in [1.54, 1.807) is 18.2 Å². The van der Waals surface area contributed by atoms with Gasteiger partial charge < -0.3 is 4.74 Å². The van der Waals surface area contributed by atoms with E-state index in [2.05, 4.69) is 9.71 Å². The molecule has 2 heterocycles. The molecule has 1 N–H and O–H groups in total. The molecular weight excluding hydrogens is 300 g/mol. The minimum absolute atomic E-state index is 0.0431. The average molecular weight is 311 g/mol. The van der Waals surface area contributed by atoms with Gasteiger partial charge in [-0.15, -0.1) is 0 Å². The first kappa shape index (κ1) is 13.2. The zero-order chi connectivity index (χ0) is 14.2. The highest BCUT2D eigenvalue weighted by Crippen LogP contribution is 2.29. The zero-order valence-corrected chi connectivity index (χ0v) is 11.9. The Balaban J connectivity index is 1.93. The van der Waals surface area contributed by atoms with Crippen LogP contribution in [0.1, 0.15) is 5.56 Å². The van der Waals surface area contributed by atoms with Crippen LogP contribution in [0.15, 0.2) is 41.6 Å². The first-order valence-electron chi connectivity index (χ1n) is 5.94. The first-order chi connectivity index (χ1) is 9.56. The molecule has 0 aliphatic carbocycles. The summed E-state index contributed by atoms with van der Waals surface area (Å²) in [7, 11) is -3.75. The first-order valence-corrected chi connectivity index (χ1v) is 7.80. The maximum absolute atomic E-state index is 12.3. The van der Waals surface area contributed by atoms with Crippen molar-refractivity contribution in [3.63, 3.8) is 0 Å². The van der Waals surface area contributed by atoms with E-state index in [1.165, 1.54) is 18.5 Å². The fourth-order valence-electron chi connectivity index (χ4n) is 2.02. The number of halogens is 1. The zero-order valence-electron chi connectivity index (χ0n) is 10.3. The van der Waals surface area contributed by atoms with Crippen LogP contribution < -0.4 is 9.46 Å². The van der Waals surface area contributed by atoms with Gasteiger partial charge in [0.2, 0.25) is 0 Å². The molecule has 0 atom stereocenters. The number of anilines is 1. The molecule has 0 radical (unpaired) electrons. The van der Waals surface area contributed by atoms with Crippen molar-refractivity contribution >= 4 is 27.3 Å². The van der Waals surface area contributed by atoms with Crippen molar-refractivity contribution in [2.24, 2.45) is 0 Å². The number of nitrogens with one attached hydrogen (secondary N) is 1. The SMILES string of the molecule is O=S(=O)(Nc1ccc2c(c1)CCO2)c1cnccc1Cl. The second-order valence-corrected chi connectivity index (χ2v) is 6.39. The summed E-state index contributed by atoms with van der Waals surface area (Å²) in [6, 6.07) is 6.62. The van der Waals surface area contributed by atoms with E-state index >= 15 is 0 Å². The molecule has 0 unspecified atom stereocenters. The van der Waals surface area contributed by atoms with Gasteiger partial charge in [0.05, 0.1) is 11.6 Å². The minimum Gasteiger partial charge on any atom is -0.493 e. The lowest BCUT2D eigenvalue weighted by atomic mass is 10.1. The summed E-state index contributed by atoms with van der Waals surface area (Å²) in [4.78, 5) is 3.74. The number of nitrogens with zero attached hydrogens (tertiary/aromatic N) is 1. The second-order valence-electron chi connectivity index (χ2n) is 4.33. The number of pyridine rings is 1. The molecule has 0 bridgehead atoms. The molecular formula is C13H11ClN2O3S. The Morgan fingerprint density at radius 3 is 2.95 bits per heavy atom. The summed E-state index contributed by atoms with van der Waals surface area (Å²) in [5.74, 6) is 0.798. The molecule has 3 rings (SSSR count). The molecule has 0 saturated carbocycles. The van der Waals surface area contributed by atoms with Gasteiger partial charge >= 0.3 is 0 Å². The average Bonchev–Trinajstić information content (AvgIpc) is 2.86. The molecule has 2 aromatic rings. The summed E-state index contributed by atoms with van der Waals surface area (Å²) in [5.41, 5.74) is 1.47. The van der Waals surface area contributed by atoms with Crippen LogP contribution in [-0.2, 0) is 16.4 Å². The smallest absolute Gasteiger partial charge is 0.264 e. The Labute approximate surface area is 121 Å². The van der Waals surface area contributed by atoms with Gasteiger partial charge in [0.1, 0.15) is 10.6 Å². The van der Waals surface area contributed by atoms with Crippen molar-refractivity contribution < 1.29 is 13.2 Å². The largest absolute Gasteiger partial charge is 0.493 e. The van der Waals surface area contributed by atoms with Crippen molar-refractivity contribution in [3.05, 3.63) is 47.2 Å². The molecule has 104 valence electrons. The van der Waals surface area contributed by atoms with Gasteiger partial charge in [0, 0.05) is 24.5 Å². The number of sulfonamides is 1. The molecule has 1 aromatic heterocycles. The monoisotopic (exact) mass is 310 g/mol. The van der Waals surface area contributed by atoms with E-state index in [0.29, 0.717) is 12.3 Å². The number of hydrogen-bond donors (Lipinski definition) is 1. The third kappa shape index (κ3) is 2.44. The van der Waals surface area contributed by atoms with Crippen molar-refractivity contribution in [2.75, 3.05) is 11.3 Å². The molecule has 1 aliphatic heterocycles. The van der Waals surface area contributed by atoms with Gasteiger partial charge in [-0.3, -0.25) is 9.71 Å². The lowest BCUT2D eigenvalue weighted by Gasteiger charge is -2.09. The topological polar surface area (TPSA) is 68.3 Å². The number of ether oxygens (including phenoxy) is 1. The Morgan fingerprint density at radius 2 is 2.15 bits per heavy atom. The standard InChI is InChI=1S/C13H11ClN2O3S/c14-11-3-5-15-8-13(11)20(17,18)16-10-1-2-12-9(7-10)4-6-19-12/h1-3,5,7-8,16H,4,6H2. The molecule has 20 heavy (non-hydrogen) atoms. The number of benzene rings is 1. The summed E-state index contributed by atoms with van der Waals surface area (Å²) >= 11 is 5.89. The molecule has 1 aliphatic rings. The Morgan fingerprint density at radius 1 is 1.30 bits per heavy atom. The van der Waals surface area contributed by atoms with Crippen LogP contribution in [0.5, 0.6) is 5.75 Å². The Hall–Kier alpha value is -1.79. The molecule has 0 amide bonds. The van der Waals surface area contributed by atoms with E-state index in [9.17, 15) is 8.42 Å². The number of fused-ring (bicyclic) bond motifs is 1. The Kier molecular flexibility index (Phi) is 3.27. The maximum atomic E-state index is 12.3. The van der Waals surface area contributed by atoms with Crippen molar-refractivity contribution in [3.8, 4) is 5.75 Å². The highest BCUT2D eigenvalue weighted by atomic mass is 35.5. The maximum Gasteiger partial charge on any atom is 0.264 e. The quantitative estimate of drug-likeness (QED) is 0.945. The van der Waals surface area contributed by atoms with E-state index in [4.69, 9.17) is 16.3 Å². The van der Waals surface area contributed by atoms with Gasteiger partial charge in [-0.05, 0) is 29.8 Å². The summed E-state index contributed by atoms with van der Waals surface area (Å²) in [5, 5.41) is 0.136. The summed E-state index contributed by atoms with van der Waals surface area (Å²) in [6.07, 6.45) is 3.44. The molecule has 0 spiro atoms. The summed E-state index contributed by atoms with van der Waals surface area (Å²) < 4.78 is 32.4. The van der Waals surface area contributed by atoms with Gasteiger partial charge in [-0.2, -0.15) is 0 Å². The normalized spacial score (nSPS) is 13.7. The van der Waals surface area contributed by atoms with Crippen molar-refractivity contribution in [1.29, 1.82) is 0 Å². The van der Waals surface area contributed by atoms with Crippen LogP contribution in [0.3, 0.4) is 0 Å². The van der Waals surface area contributed by atoms with Crippen LogP contribution >= 0.6 is 11.6 Å². The van der Waals surface area contributed by atoms with Crippen LogP contribution in [0, 0.1) is 0 Å². The second kappa shape index (κ2) is 4.96. The number of hydrogen-bond acceptors (Lipinski definition) is 4. The van der Waals surface area contributed by atoms with Gasteiger partial charge in [0.15, 0.2) is 0 Å². The molecule has 5 nitrogen and oxygen atoms in total. The third-order valence-electron chi connectivity index (χ3n) is 2.97. The van der Waals surface area contributed by atoms with E-state index in [-0.39, 0.29) is 9.92 Å². The van der Waals surface area contributed by atoms with E-state index in [1.807, 2.05) is 0 Å². The predicted octanol–water partition coefficient (Wildman–Crippen LogP) is 2.47. The Bertz CT molecular complexity index is 762. The predicted molar refractivity (Wildman–Crippen MR) is 75.7 cm³/mol. The lowest BCUT2D eigenvalue weighted by Crippen LogP contribution is -2.13. The highest BCUT2D eigenvalue weighted by Gasteiger charge is 2.19. The van der Waals surface area contributed by atoms with Crippen LogP contribution in [-0.4, -0.2) is 20.0 Å². The van der Waals surface area contributed by atoms with Crippen LogP contribution in [0.2, 0.25) is 5.02 Å². The van der Waals surface area contributed by atoms with Crippen LogP contribution in [0.4, 0.5) is 5.69 Å². The van der Waals surface area contributed by atoms with E-state index < -0.39 is 10.0 Å². The molecule has 1 aromatic carbocycles. The van der Waals surface area contributed by atoms with Gasteiger partial charge in [-0.25, -0.2) is 8.42 Å². The van der Waals surface area contributed by atoms with Gasteiger partial charge in [0.25, 0.3) is 10.0 Å². The third-order valence-corrected chi connectivity index (χ3v) is 4.82. The number of rotatable bonds is 3. The molecule has 0 saturated heterocycles. The highest BCUT2D eigenvalue weighted by molar-refractivity contribution is 7.92. The minimum atomic E-state index is -3.75. The fourth-order valence-corrected chi connectivity index (χ4v) is 3.50. The number of aromatic nitrogens is 1. The summed E-state index contributed by atoms with van der Waals surface area (Å²) in [6.45, 7) is 0.625. The lowest BCUT2D eigenvalue weighted by molar-refractivity contribution is 0.357.